The quantitative estimate of drug-likeness (QED) is 0.449. The summed E-state index contributed by atoms with van der Waals surface area (Å²) in [6, 6.07) is 0. The molecule has 2 heteroatoms. The molecule has 0 saturated heterocycles. The molecule has 7 heavy (non-hydrogen) atoms. The van der Waals surface area contributed by atoms with Crippen LogP contribution in [0.2, 0.25) is 12.5 Å². The smallest absolute Gasteiger partial charge is 0.105 e. The first-order chi connectivity index (χ1) is 3.27. The average Bonchev–Trinajstić information content (AvgIpc) is 1.61. The topological polar surface area (TPSA) is 0 Å². The zero-order valence-electron chi connectivity index (χ0n) is 5.70. The van der Waals surface area contributed by atoms with E-state index in [4.69, 9.17) is 0 Å². The van der Waals surface area contributed by atoms with Crippen LogP contribution in [-0.2, 0) is 0 Å². The van der Waals surface area contributed by atoms with Crippen molar-refractivity contribution in [3.8, 4) is 0 Å². The maximum Gasteiger partial charge on any atom is 0.113 e. The van der Waals surface area contributed by atoms with Crippen molar-refractivity contribution in [3.05, 3.63) is 0 Å². The van der Waals surface area contributed by atoms with Gasteiger partial charge < -0.3 is 0 Å². The fraction of sp³-hybridized carbons (Fsp3) is 1.00. The third-order valence-electron chi connectivity index (χ3n) is 1.14. The summed E-state index contributed by atoms with van der Waals surface area (Å²) < 4.78 is 0. The summed E-state index contributed by atoms with van der Waals surface area (Å²) >= 11 is 0. The Hall–Kier alpha value is 0.130. The van der Waals surface area contributed by atoms with E-state index in [9.17, 15) is 0 Å². The highest BCUT2D eigenvalue weighted by molar-refractivity contribution is 6.47. The van der Waals surface area contributed by atoms with Crippen molar-refractivity contribution in [1.29, 1.82) is 0 Å². The minimum Gasteiger partial charge on any atom is -0.105 e. The SMILES string of the molecule is BCBCC(C)C. The zero-order valence-corrected chi connectivity index (χ0v) is 5.70. The summed E-state index contributed by atoms with van der Waals surface area (Å²) in [4.78, 5) is 0. The van der Waals surface area contributed by atoms with E-state index >= 15 is 0 Å². The van der Waals surface area contributed by atoms with E-state index in [1.165, 1.54) is 19.8 Å². The lowest BCUT2D eigenvalue weighted by Crippen LogP contribution is -1.93. The Balaban J connectivity index is 2.68. The molecule has 0 N–H and O–H groups in total. The molecule has 0 fully saturated rings. The normalized spacial score (nSPS) is 9.57. The van der Waals surface area contributed by atoms with Crippen LogP contribution in [0, 0.1) is 5.92 Å². The Kier molecular flexibility index (Phi) is 4.37. The van der Waals surface area contributed by atoms with E-state index in [2.05, 4.69) is 21.7 Å². The Labute approximate surface area is 48.3 Å². The van der Waals surface area contributed by atoms with Crippen LogP contribution >= 0.6 is 0 Å². The molecular formula is C5H14B2. The predicted octanol–water partition coefficient (Wildman–Crippen LogP) is 0.506. The third kappa shape index (κ3) is 6.13. The van der Waals surface area contributed by atoms with Gasteiger partial charge in [-0.05, 0) is 0 Å². The van der Waals surface area contributed by atoms with Crippen molar-refractivity contribution in [3.63, 3.8) is 0 Å². The van der Waals surface area contributed by atoms with Crippen LogP contribution in [0.3, 0.4) is 0 Å². The van der Waals surface area contributed by atoms with Gasteiger partial charge in [0.15, 0.2) is 0 Å². The van der Waals surface area contributed by atoms with Gasteiger partial charge in [-0.1, -0.05) is 26.1 Å². The van der Waals surface area contributed by atoms with Crippen LogP contribution in [0.1, 0.15) is 13.8 Å². The second-order valence-electron chi connectivity index (χ2n) is 2.54. The first-order valence-electron chi connectivity index (χ1n) is 3.27. The second-order valence-corrected chi connectivity index (χ2v) is 2.54. The minimum absolute atomic E-state index is 0.903. The van der Waals surface area contributed by atoms with Crippen molar-refractivity contribution >= 4 is 15.1 Å². The van der Waals surface area contributed by atoms with Crippen molar-refractivity contribution in [2.24, 2.45) is 5.92 Å². The maximum absolute atomic E-state index is 2.27. The molecule has 0 saturated carbocycles. The molecule has 0 aliphatic carbocycles. The molecule has 0 aliphatic rings. The standard InChI is InChI=1S/C5H14B2/c1-5(2)3-7-4-6/h5,7H,3-4,6H2,1-2H3. The largest absolute Gasteiger partial charge is 0.113 e. The average molecular weight is 95.8 g/mol. The summed E-state index contributed by atoms with van der Waals surface area (Å²) in [6.07, 6.45) is 2.74. The molecule has 0 heterocycles. The Morgan fingerprint density at radius 1 is 1.57 bits per heavy atom. The molecule has 0 radical (unpaired) electrons. The summed E-state index contributed by atoms with van der Waals surface area (Å²) in [7, 11) is 3.64. The van der Waals surface area contributed by atoms with Gasteiger partial charge in [-0.15, -0.1) is 6.22 Å². The van der Waals surface area contributed by atoms with Crippen LogP contribution < -0.4 is 0 Å². The van der Waals surface area contributed by atoms with Gasteiger partial charge in [-0.3, -0.25) is 0 Å². The Bertz CT molecular complexity index is 35.1. The molecule has 0 aromatic heterocycles. The van der Waals surface area contributed by atoms with E-state index in [0.717, 1.165) is 5.92 Å². The van der Waals surface area contributed by atoms with Gasteiger partial charge in [0.2, 0.25) is 0 Å². The minimum atomic E-state index is 0.903. The number of hydrogen-bond donors (Lipinski definition) is 0. The zero-order chi connectivity index (χ0) is 5.70. The van der Waals surface area contributed by atoms with Crippen LogP contribution in [0.5, 0.6) is 0 Å². The van der Waals surface area contributed by atoms with Crippen LogP contribution in [0.4, 0.5) is 0 Å². The molecule has 0 aromatic carbocycles. The predicted molar refractivity (Wildman–Crippen MR) is 40.1 cm³/mol. The second kappa shape index (κ2) is 4.29. The van der Waals surface area contributed by atoms with Crippen molar-refractivity contribution in [1.82, 2.24) is 0 Å². The van der Waals surface area contributed by atoms with E-state index in [0.29, 0.717) is 0 Å². The molecular weight excluding hydrogens is 81.7 g/mol. The lowest BCUT2D eigenvalue weighted by atomic mass is 9.61. The lowest BCUT2D eigenvalue weighted by Gasteiger charge is -1.97. The van der Waals surface area contributed by atoms with Crippen LogP contribution in [0.15, 0.2) is 0 Å². The van der Waals surface area contributed by atoms with Gasteiger partial charge in [-0.2, -0.15) is 0 Å². The van der Waals surface area contributed by atoms with E-state index in [-0.39, 0.29) is 0 Å². The summed E-state index contributed by atoms with van der Waals surface area (Å²) in [6.45, 7) is 4.55. The summed E-state index contributed by atoms with van der Waals surface area (Å²) in [5.74, 6) is 0.903. The fourth-order valence-electron chi connectivity index (χ4n) is 0.612. The van der Waals surface area contributed by atoms with Crippen LogP contribution in [-0.4, -0.2) is 15.1 Å². The molecule has 0 aliphatic heterocycles. The molecule has 0 bridgehead atoms. The van der Waals surface area contributed by atoms with Gasteiger partial charge in [0, 0.05) is 0 Å². The Morgan fingerprint density at radius 2 is 2.14 bits per heavy atom. The van der Waals surface area contributed by atoms with Gasteiger partial charge in [0.05, 0.1) is 7.85 Å². The van der Waals surface area contributed by atoms with E-state index in [1.807, 2.05) is 0 Å². The van der Waals surface area contributed by atoms with Crippen molar-refractivity contribution in [2.45, 2.75) is 26.4 Å². The van der Waals surface area contributed by atoms with E-state index in [1.54, 1.807) is 0 Å². The Morgan fingerprint density at radius 3 is 2.29 bits per heavy atom. The molecule has 0 rings (SSSR count). The highest BCUT2D eigenvalue weighted by atomic mass is 13.8. The first kappa shape index (κ1) is 7.13. The van der Waals surface area contributed by atoms with Crippen molar-refractivity contribution < 1.29 is 0 Å². The van der Waals surface area contributed by atoms with Gasteiger partial charge in [0.1, 0.15) is 7.28 Å². The third-order valence-corrected chi connectivity index (χ3v) is 1.14. The fourth-order valence-corrected chi connectivity index (χ4v) is 0.612. The molecule has 0 nitrogen and oxygen atoms in total. The molecule has 40 valence electrons. The number of rotatable bonds is 3. The first-order valence-corrected chi connectivity index (χ1v) is 3.27. The van der Waals surface area contributed by atoms with Gasteiger partial charge >= 0.3 is 0 Å². The van der Waals surface area contributed by atoms with Gasteiger partial charge in [-0.25, -0.2) is 0 Å². The molecule has 0 unspecified atom stereocenters. The molecule has 0 aromatic rings. The summed E-state index contributed by atoms with van der Waals surface area (Å²) in [5.41, 5.74) is 0. The summed E-state index contributed by atoms with van der Waals surface area (Å²) in [5, 5.41) is 0. The molecule has 0 atom stereocenters. The van der Waals surface area contributed by atoms with Crippen LogP contribution in [0.25, 0.3) is 0 Å². The number of hydrogen-bond acceptors (Lipinski definition) is 0. The highest BCUT2D eigenvalue weighted by Gasteiger charge is 1.90. The van der Waals surface area contributed by atoms with Crippen molar-refractivity contribution in [2.75, 3.05) is 0 Å². The monoisotopic (exact) mass is 96.1 g/mol. The molecule has 0 spiro atoms. The highest BCUT2D eigenvalue weighted by Crippen LogP contribution is 1.98. The van der Waals surface area contributed by atoms with E-state index < -0.39 is 0 Å². The maximum atomic E-state index is 2.27. The molecule has 0 amide bonds. The van der Waals surface area contributed by atoms with Gasteiger partial charge in [0.25, 0.3) is 0 Å². The lowest BCUT2D eigenvalue weighted by molar-refractivity contribution is 0.731.